The van der Waals surface area contributed by atoms with E-state index in [9.17, 15) is 20.2 Å². The lowest BCUT2D eigenvalue weighted by molar-refractivity contribution is -0.393. The van der Waals surface area contributed by atoms with Crippen molar-refractivity contribution >= 4 is 22.7 Å². The van der Waals surface area contributed by atoms with Crippen molar-refractivity contribution in [2.24, 2.45) is 0 Å². The number of nitro benzene ring substituents is 2. The molecule has 0 aliphatic carbocycles. The van der Waals surface area contributed by atoms with Crippen LogP contribution in [0.5, 0.6) is 5.75 Å². The van der Waals surface area contributed by atoms with Crippen molar-refractivity contribution in [1.29, 1.82) is 0 Å². The van der Waals surface area contributed by atoms with Gasteiger partial charge < -0.3 is 10.1 Å². The van der Waals surface area contributed by atoms with Gasteiger partial charge in [-0.15, -0.1) is 0 Å². The number of rotatable bonds is 7. The molecule has 23 heavy (non-hydrogen) atoms. The first kappa shape index (κ1) is 16.0. The molecule has 8 nitrogen and oxygen atoms in total. The number of anilines is 2. The monoisotopic (exact) mass is 315 g/mol. The normalized spacial score (nSPS) is 9.91. The highest BCUT2D eigenvalue weighted by atomic mass is 16.6. The van der Waals surface area contributed by atoms with Crippen LogP contribution in [0.2, 0.25) is 0 Å². The molecule has 1 N–H and O–H groups in total. The van der Waals surface area contributed by atoms with Gasteiger partial charge in [-0.3, -0.25) is 20.2 Å². The van der Waals surface area contributed by atoms with E-state index in [-0.39, 0.29) is 17.1 Å². The van der Waals surface area contributed by atoms with Gasteiger partial charge in [-0.05, 0) is 30.3 Å². The molecule has 0 saturated heterocycles. The summed E-state index contributed by atoms with van der Waals surface area (Å²) in [6.07, 6.45) is 1.62. The number of hydrogen-bond donors (Lipinski definition) is 1. The van der Waals surface area contributed by atoms with Crippen LogP contribution in [0.3, 0.4) is 0 Å². The first-order valence-electron chi connectivity index (χ1n) is 6.55. The van der Waals surface area contributed by atoms with Gasteiger partial charge >= 0.3 is 0 Å². The number of nitrogens with zero attached hydrogens (tertiary/aromatic N) is 2. The molecule has 2 aromatic carbocycles. The van der Waals surface area contributed by atoms with Crippen molar-refractivity contribution in [3.05, 3.63) is 75.3 Å². The predicted molar refractivity (Wildman–Crippen MR) is 85.2 cm³/mol. The Morgan fingerprint density at radius 2 is 1.78 bits per heavy atom. The standard InChI is InChI=1S/C15H13N3O5/c1-2-9-23-13-6-3-11(4-7-13)16-14-8-5-12(17(19)20)10-15(14)18(21)22/h2-8,10,16H,1,9H2. The Morgan fingerprint density at radius 1 is 1.09 bits per heavy atom. The summed E-state index contributed by atoms with van der Waals surface area (Å²) < 4.78 is 5.34. The highest BCUT2D eigenvalue weighted by molar-refractivity contribution is 5.71. The minimum absolute atomic E-state index is 0.167. The minimum atomic E-state index is -0.678. The maximum Gasteiger partial charge on any atom is 0.299 e. The molecular weight excluding hydrogens is 302 g/mol. The number of benzene rings is 2. The van der Waals surface area contributed by atoms with Gasteiger partial charge in [0.1, 0.15) is 18.0 Å². The van der Waals surface area contributed by atoms with Gasteiger partial charge in [0.2, 0.25) is 0 Å². The van der Waals surface area contributed by atoms with Crippen LogP contribution in [-0.4, -0.2) is 16.5 Å². The molecule has 0 aliphatic heterocycles. The van der Waals surface area contributed by atoms with Crippen LogP contribution in [0.25, 0.3) is 0 Å². The fourth-order valence-electron chi connectivity index (χ4n) is 1.84. The average molecular weight is 315 g/mol. The van der Waals surface area contributed by atoms with Crippen LogP contribution in [-0.2, 0) is 0 Å². The fourth-order valence-corrected chi connectivity index (χ4v) is 1.84. The second-order valence-corrected chi connectivity index (χ2v) is 4.46. The van der Waals surface area contributed by atoms with Gasteiger partial charge in [-0.2, -0.15) is 0 Å². The summed E-state index contributed by atoms with van der Waals surface area (Å²) in [7, 11) is 0. The highest BCUT2D eigenvalue weighted by Gasteiger charge is 2.19. The smallest absolute Gasteiger partial charge is 0.299 e. The summed E-state index contributed by atoms with van der Waals surface area (Å²) in [4.78, 5) is 20.4. The molecule has 0 aromatic heterocycles. The Morgan fingerprint density at radius 3 is 2.35 bits per heavy atom. The maximum atomic E-state index is 11.1. The molecule has 0 atom stereocenters. The summed E-state index contributed by atoms with van der Waals surface area (Å²) in [6, 6.07) is 10.2. The van der Waals surface area contributed by atoms with Crippen molar-refractivity contribution < 1.29 is 14.6 Å². The van der Waals surface area contributed by atoms with Gasteiger partial charge in [0.25, 0.3) is 11.4 Å². The molecule has 8 heteroatoms. The van der Waals surface area contributed by atoms with E-state index in [0.717, 1.165) is 6.07 Å². The number of ether oxygens (including phenoxy) is 1. The van der Waals surface area contributed by atoms with Gasteiger partial charge in [-0.25, -0.2) is 0 Å². The molecule has 0 amide bonds. The summed E-state index contributed by atoms with van der Waals surface area (Å²) in [5.74, 6) is 0.633. The molecular formula is C15H13N3O5. The quantitative estimate of drug-likeness (QED) is 0.473. The fraction of sp³-hybridized carbons (Fsp3) is 0.0667. The summed E-state index contributed by atoms with van der Waals surface area (Å²) >= 11 is 0. The van der Waals surface area contributed by atoms with E-state index in [4.69, 9.17) is 4.74 Å². The highest BCUT2D eigenvalue weighted by Crippen LogP contribution is 2.31. The second-order valence-electron chi connectivity index (χ2n) is 4.46. The third kappa shape index (κ3) is 4.03. The SMILES string of the molecule is C=CCOc1ccc(Nc2ccc([N+](=O)[O-])cc2[N+](=O)[O-])cc1. The zero-order valence-corrected chi connectivity index (χ0v) is 12.0. The van der Waals surface area contributed by atoms with E-state index in [1.165, 1.54) is 12.1 Å². The first-order valence-corrected chi connectivity index (χ1v) is 6.55. The van der Waals surface area contributed by atoms with E-state index in [2.05, 4.69) is 11.9 Å². The third-order valence-electron chi connectivity index (χ3n) is 2.89. The number of nitro groups is 2. The summed E-state index contributed by atoms with van der Waals surface area (Å²) in [5.41, 5.74) is 0.0508. The Kier molecular flexibility index (Phi) is 4.88. The van der Waals surface area contributed by atoms with Crippen molar-refractivity contribution in [2.75, 3.05) is 11.9 Å². The molecule has 0 unspecified atom stereocenters. The van der Waals surface area contributed by atoms with Crippen LogP contribution < -0.4 is 10.1 Å². The largest absolute Gasteiger partial charge is 0.490 e. The second kappa shape index (κ2) is 7.03. The van der Waals surface area contributed by atoms with Crippen LogP contribution in [0.1, 0.15) is 0 Å². The minimum Gasteiger partial charge on any atom is -0.490 e. The number of hydrogen-bond acceptors (Lipinski definition) is 6. The third-order valence-corrected chi connectivity index (χ3v) is 2.89. The molecule has 0 heterocycles. The van der Waals surface area contributed by atoms with Gasteiger partial charge in [0.05, 0.1) is 15.9 Å². The lowest BCUT2D eigenvalue weighted by atomic mass is 10.2. The van der Waals surface area contributed by atoms with Gasteiger partial charge in [0.15, 0.2) is 0 Å². The molecule has 0 radical (unpaired) electrons. The molecule has 0 spiro atoms. The van der Waals surface area contributed by atoms with Crippen molar-refractivity contribution in [2.45, 2.75) is 0 Å². The Balaban J connectivity index is 2.23. The number of nitrogens with one attached hydrogen (secondary N) is 1. The van der Waals surface area contributed by atoms with E-state index in [1.54, 1.807) is 30.3 Å². The molecule has 0 saturated carbocycles. The Labute approximate surface area is 131 Å². The van der Waals surface area contributed by atoms with Gasteiger partial charge in [-0.1, -0.05) is 12.7 Å². The Hall–Kier alpha value is -3.42. The van der Waals surface area contributed by atoms with Crippen molar-refractivity contribution in [3.63, 3.8) is 0 Å². The summed E-state index contributed by atoms with van der Waals surface area (Å²) in [6.45, 7) is 3.92. The topological polar surface area (TPSA) is 108 Å². The summed E-state index contributed by atoms with van der Waals surface area (Å²) in [5, 5.41) is 24.6. The Bertz CT molecular complexity index is 743. The lowest BCUT2D eigenvalue weighted by Gasteiger charge is -2.08. The van der Waals surface area contributed by atoms with E-state index >= 15 is 0 Å². The van der Waals surface area contributed by atoms with Crippen LogP contribution in [0.4, 0.5) is 22.7 Å². The molecule has 0 bridgehead atoms. The van der Waals surface area contributed by atoms with E-state index in [0.29, 0.717) is 18.0 Å². The van der Waals surface area contributed by atoms with Crippen LogP contribution in [0.15, 0.2) is 55.1 Å². The van der Waals surface area contributed by atoms with Gasteiger partial charge in [0, 0.05) is 11.8 Å². The molecule has 2 rings (SSSR count). The lowest BCUT2D eigenvalue weighted by Crippen LogP contribution is -1.99. The van der Waals surface area contributed by atoms with Crippen LogP contribution in [0, 0.1) is 20.2 Å². The molecule has 2 aromatic rings. The maximum absolute atomic E-state index is 11.1. The van der Waals surface area contributed by atoms with E-state index < -0.39 is 9.85 Å². The first-order chi connectivity index (χ1) is 11.0. The zero-order valence-electron chi connectivity index (χ0n) is 12.0. The average Bonchev–Trinajstić information content (AvgIpc) is 2.54. The van der Waals surface area contributed by atoms with Crippen molar-refractivity contribution in [1.82, 2.24) is 0 Å². The van der Waals surface area contributed by atoms with Crippen molar-refractivity contribution in [3.8, 4) is 5.75 Å². The predicted octanol–water partition coefficient (Wildman–Crippen LogP) is 3.81. The van der Waals surface area contributed by atoms with E-state index in [1.807, 2.05) is 0 Å². The zero-order chi connectivity index (χ0) is 16.8. The van der Waals surface area contributed by atoms with Crippen LogP contribution >= 0.6 is 0 Å². The number of non-ortho nitro benzene ring substituents is 1. The molecule has 0 aliphatic rings. The molecule has 118 valence electrons. The molecule has 0 fully saturated rings.